The second-order valence-corrected chi connectivity index (χ2v) is 7.14. The maximum Gasteiger partial charge on any atom is 0.211 e. The lowest BCUT2D eigenvalue weighted by molar-refractivity contribution is -0.0322. The van der Waals surface area contributed by atoms with Crippen molar-refractivity contribution >= 4 is 0 Å². The molecule has 2 aliphatic rings. The van der Waals surface area contributed by atoms with Gasteiger partial charge in [-0.25, -0.2) is 4.98 Å². The van der Waals surface area contributed by atoms with Crippen LogP contribution in [0.2, 0.25) is 0 Å². The topological polar surface area (TPSA) is 32.5 Å². The highest BCUT2D eigenvalue weighted by molar-refractivity contribution is 5.00. The van der Waals surface area contributed by atoms with E-state index in [2.05, 4.69) is 35.6 Å². The molecule has 4 heteroatoms. The van der Waals surface area contributed by atoms with Crippen molar-refractivity contribution in [3.63, 3.8) is 0 Å². The van der Waals surface area contributed by atoms with Crippen LogP contribution in [0.1, 0.15) is 57.7 Å². The van der Waals surface area contributed by atoms with Gasteiger partial charge in [0.25, 0.3) is 0 Å². The van der Waals surface area contributed by atoms with Crippen LogP contribution in [-0.2, 0) is 0 Å². The lowest BCUT2D eigenvalue weighted by Crippen LogP contribution is -2.61. The molecule has 0 amide bonds. The van der Waals surface area contributed by atoms with Crippen molar-refractivity contribution in [2.75, 3.05) is 19.6 Å². The molecule has 1 aromatic heterocycles. The SMILES string of the molecule is Cc1cnc(C(C)N2CC3CCCCN3CC2C(C)C)o1. The Morgan fingerprint density at radius 2 is 2.05 bits per heavy atom. The average molecular weight is 291 g/mol. The fourth-order valence-corrected chi connectivity index (χ4v) is 3.98. The van der Waals surface area contributed by atoms with Gasteiger partial charge in [0, 0.05) is 25.2 Å². The third kappa shape index (κ3) is 3.02. The number of hydrogen-bond donors (Lipinski definition) is 0. The number of rotatable bonds is 3. The van der Waals surface area contributed by atoms with Gasteiger partial charge in [-0.05, 0) is 39.2 Å². The lowest BCUT2D eigenvalue weighted by Gasteiger charge is -2.51. The van der Waals surface area contributed by atoms with Crippen molar-refractivity contribution in [2.24, 2.45) is 5.92 Å². The van der Waals surface area contributed by atoms with Gasteiger partial charge in [-0.15, -0.1) is 0 Å². The Bertz CT molecular complexity index is 470. The second kappa shape index (κ2) is 6.09. The molecular formula is C17H29N3O. The van der Waals surface area contributed by atoms with Gasteiger partial charge in [-0.3, -0.25) is 9.80 Å². The third-order valence-corrected chi connectivity index (χ3v) is 5.28. The number of piperazine rings is 1. The minimum Gasteiger partial charge on any atom is -0.444 e. The van der Waals surface area contributed by atoms with Crippen molar-refractivity contribution in [2.45, 2.75) is 65.1 Å². The first-order chi connectivity index (χ1) is 10.1. The smallest absolute Gasteiger partial charge is 0.211 e. The summed E-state index contributed by atoms with van der Waals surface area (Å²) in [5.41, 5.74) is 0. The number of aryl methyl sites for hydroxylation is 1. The summed E-state index contributed by atoms with van der Waals surface area (Å²) in [6.45, 7) is 12.6. The Hall–Kier alpha value is -0.870. The zero-order chi connectivity index (χ0) is 15.0. The maximum absolute atomic E-state index is 5.80. The zero-order valence-corrected chi connectivity index (χ0v) is 13.9. The Labute approximate surface area is 128 Å². The van der Waals surface area contributed by atoms with E-state index in [1.165, 1.54) is 32.4 Å². The molecule has 3 atom stereocenters. The van der Waals surface area contributed by atoms with Crippen LogP contribution >= 0.6 is 0 Å². The molecule has 3 heterocycles. The van der Waals surface area contributed by atoms with E-state index in [1.807, 2.05) is 13.1 Å². The van der Waals surface area contributed by atoms with Crippen LogP contribution in [-0.4, -0.2) is 46.5 Å². The highest BCUT2D eigenvalue weighted by Gasteiger charge is 2.39. The molecule has 0 N–H and O–H groups in total. The first-order valence-electron chi connectivity index (χ1n) is 8.48. The summed E-state index contributed by atoms with van der Waals surface area (Å²) in [5, 5.41) is 0. The van der Waals surface area contributed by atoms with Gasteiger partial charge < -0.3 is 4.42 Å². The predicted molar refractivity (Wildman–Crippen MR) is 84.2 cm³/mol. The van der Waals surface area contributed by atoms with Gasteiger partial charge in [0.15, 0.2) is 0 Å². The monoisotopic (exact) mass is 291 g/mol. The van der Waals surface area contributed by atoms with Crippen molar-refractivity contribution in [1.82, 2.24) is 14.8 Å². The van der Waals surface area contributed by atoms with Crippen LogP contribution in [0.3, 0.4) is 0 Å². The number of oxazole rings is 1. The molecule has 3 unspecified atom stereocenters. The Kier molecular flexibility index (Phi) is 4.36. The summed E-state index contributed by atoms with van der Waals surface area (Å²) >= 11 is 0. The maximum atomic E-state index is 5.80. The normalized spacial score (nSPS) is 29.6. The van der Waals surface area contributed by atoms with Crippen LogP contribution in [0.4, 0.5) is 0 Å². The largest absolute Gasteiger partial charge is 0.444 e. The molecule has 2 fully saturated rings. The summed E-state index contributed by atoms with van der Waals surface area (Å²) in [5.74, 6) is 2.45. The highest BCUT2D eigenvalue weighted by Crippen LogP contribution is 2.32. The van der Waals surface area contributed by atoms with Gasteiger partial charge in [-0.1, -0.05) is 20.3 Å². The minimum atomic E-state index is 0.273. The Balaban J connectivity index is 1.80. The molecule has 0 bridgehead atoms. The first kappa shape index (κ1) is 15.0. The van der Waals surface area contributed by atoms with Gasteiger partial charge in [-0.2, -0.15) is 0 Å². The van der Waals surface area contributed by atoms with E-state index in [0.717, 1.165) is 24.2 Å². The van der Waals surface area contributed by atoms with E-state index in [4.69, 9.17) is 4.42 Å². The summed E-state index contributed by atoms with van der Waals surface area (Å²) in [4.78, 5) is 9.83. The molecule has 3 rings (SSSR count). The average Bonchev–Trinajstić information content (AvgIpc) is 2.91. The number of aromatic nitrogens is 1. The lowest BCUT2D eigenvalue weighted by atomic mass is 9.91. The number of piperidine rings is 1. The van der Waals surface area contributed by atoms with E-state index < -0.39 is 0 Å². The minimum absolute atomic E-state index is 0.273. The molecule has 0 spiro atoms. The zero-order valence-electron chi connectivity index (χ0n) is 13.9. The number of nitrogens with zero attached hydrogens (tertiary/aromatic N) is 3. The summed E-state index contributed by atoms with van der Waals surface area (Å²) in [7, 11) is 0. The van der Waals surface area contributed by atoms with Crippen LogP contribution in [0.25, 0.3) is 0 Å². The van der Waals surface area contributed by atoms with Crippen molar-refractivity contribution in [1.29, 1.82) is 0 Å². The van der Waals surface area contributed by atoms with Gasteiger partial charge in [0.2, 0.25) is 5.89 Å². The highest BCUT2D eigenvalue weighted by atomic mass is 16.4. The van der Waals surface area contributed by atoms with Crippen molar-refractivity contribution in [3.8, 4) is 0 Å². The van der Waals surface area contributed by atoms with E-state index in [1.54, 1.807) is 0 Å². The molecule has 4 nitrogen and oxygen atoms in total. The summed E-state index contributed by atoms with van der Waals surface area (Å²) in [6.07, 6.45) is 5.94. The molecule has 0 aliphatic carbocycles. The molecule has 1 aromatic rings. The number of fused-ring (bicyclic) bond motifs is 1. The van der Waals surface area contributed by atoms with Crippen LogP contribution in [0.5, 0.6) is 0 Å². The Morgan fingerprint density at radius 3 is 2.71 bits per heavy atom. The van der Waals surface area contributed by atoms with E-state index in [-0.39, 0.29) is 6.04 Å². The Morgan fingerprint density at radius 1 is 1.24 bits per heavy atom. The fourth-order valence-electron chi connectivity index (χ4n) is 3.98. The fraction of sp³-hybridized carbons (Fsp3) is 0.824. The summed E-state index contributed by atoms with van der Waals surface area (Å²) < 4.78 is 5.80. The molecule has 2 aliphatic heterocycles. The predicted octanol–water partition coefficient (Wildman–Crippen LogP) is 3.24. The quantitative estimate of drug-likeness (QED) is 0.856. The van der Waals surface area contributed by atoms with Gasteiger partial charge in [0.1, 0.15) is 5.76 Å². The van der Waals surface area contributed by atoms with E-state index in [9.17, 15) is 0 Å². The molecule has 0 saturated carbocycles. The molecule has 0 aromatic carbocycles. The van der Waals surface area contributed by atoms with E-state index in [0.29, 0.717) is 12.0 Å². The van der Waals surface area contributed by atoms with Crippen LogP contribution in [0, 0.1) is 12.8 Å². The van der Waals surface area contributed by atoms with Crippen molar-refractivity contribution < 1.29 is 4.42 Å². The van der Waals surface area contributed by atoms with Crippen molar-refractivity contribution in [3.05, 3.63) is 17.8 Å². The molecular weight excluding hydrogens is 262 g/mol. The van der Waals surface area contributed by atoms with E-state index >= 15 is 0 Å². The third-order valence-electron chi connectivity index (χ3n) is 5.28. The first-order valence-corrected chi connectivity index (χ1v) is 8.48. The molecule has 2 saturated heterocycles. The standard InChI is InChI=1S/C17H29N3O/c1-12(2)16-11-19-8-6-5-7-15(19)10-20(16)14(4)17-18-9-13(3)21-17/h9,12,14-16H,5-8,10-11H2,1-4H3. The van der Waals surface area contributed by atoms with Gasteiger partial charge >= 0.3 is 0 Å². The number of hydrogen-bond acceptors (Lipinski definition) is 4. The second-order valence-electron chi connectivity index (χ2n) is 7.14. The summed E-state index contributed by atoms with van der Waals surface area (Å²) in [6, 6.07) is 1.60. The molecule has 21 heavy (non-hydrogen) atoms. The van der Waals surface area contributed by atoms with Gasteiger partial charge in [0.05, 0.1) is 12.2 Å². The molecule has 118 valence electrons. The molecule has 0 radical (unpaired) electrons. The van der Waals surface area contributed by atoms with Crippen LogP contribution < -0.4 is 0 Å². The van der Waals surface area contributed by atoms with Crippen LogP contribution in [0.15, 0.2) is 10.6 Å².